The first-order chi connectivity index (χ1) is 13.0. The van der Waals surface area contributed by atoms with Gasteiger partial charge in [-0.05, 0) is 49.2 Å². The van der Waals surface area contributed by atoms with E-state index in [9.17, 15) is 9.59 Å². The van der Waals surface area contributed by atoms with Gasteiger partial charge in [-0.1, -0.05) is 26.0 Å². The molecule has 0 aliphatic rings. The van der Waals surface area contributed by atoms with Crippen molar-refractivity contribution in [3.8, 4) is 11.5 Å². The summed E-state index contributed by atoms with van der Waals surface area (Å²) in [6.07, 6.45) is 0. The molecule has 6 nitrogen and oxygen atoms in total. The molecule has 0 saturated carbocycles. The summed E-state index contributed by atoms with van der Waals surface area (Å²) in [5.41, 5.74) is 1.04. The van der Waals surface area contributed by atoms with Gasteiger partial charge in [-0.3, -0.25) is 9.59 Å². The average molecular weight is 370 g/mol. The minimum absolute atomic E-state index is 0.0912. The third-order valence-electron chi connectivity index (χ3n) is 4.02. The molecule has 6 heteroatoms. The molecular weight excluding hydrogens is 344 g/mol. The highest BCUT2D eigenvalue weighted by atomic mass is 16.5. The second-order valence-electron chi connectivity index (χ2n) is 6.34. The molecule has 0 aromatic heterocycles. The third kappa shape index (κ3) is 5.48. The van der Waals surface area contributed by atoms with Gasteiger partial charge in [0.05, 0.1) is 19.3 Å². The molecule has 0 radical (unpaired) electrons. The van der Waals surface area contributed by atoms with Crippen molar-refractivity contribution in [1.29, 1.82) is 0 Å². The molecule has 0 bridgehead atoms. The van der Waals surface area contributed by atoms with Crippen LogP contribution in [-0.4, -0.2) is 31.6 Å². The molecule has 1 atom stereocenters. The van der Waals surface area contributed by atoms with Crippen LogP contribution in [0.1, 0.15) is 31.1 Å². The van der Waals surface area contributed by atoms with Crippen LogP contribution in [0, 0.1) is 5.92 Å². The van der Waals surface area contributed by atoms with E-state index in [2.05, 4.69) is 10.6 Å². The Hall–Kier alpha value is -3.02. The van der Waals surface area contributed by atoms with Crippen LogP contribution in [0.2, 0.25) is 0 Å². The van der Waals surface area contributed by atoms with Crippen molar-refractivity contribution in [3.05, 3.63) is 54.1 Å². The van der Waals surface area contributed by atoms with Gasteiger partial charge in [0.1, 0.15) is 17.5 Å². The Bertz CT molecular complexity index is 772. The van der Waals surface area contributed by atoms with E-state index < -0.39 is 6.04 Å². The number of nitrogens with one attached hydrogen (secondary N) is 2. The van der Waals surface area contributed by atoms with Crippen molar-refractivity contribution < 1.29 is 19.1 Å². The fraction of sp³-hybridized carbons (Fsp3) is 0.333. The van der Waals surface area contributed by atoms with E-state index in [0.717, 1.165) is 0 Å². The predicted molar refractivity (Wildman–Crippen MR) is 105 cm³/mol. The van der Waals surface area contributed by atoms with Crippen LogP contribution in [0.25, 0.3) is 0 Å². The maximum absolute atomic E-state index is 12.7. The lowest BCUT2D eigenvalue weighted by Gasteiger charge is -2.22. The topological polar surface area (TPSA) is 76.7 Å². The monoisotopic (exact) mass is 370 g/mol. The number of amides is 2. The van der Waals surface area contributed by atoms with E-state index in [-0.39, 0.29) is 17.7 Å². The van der Waals surface area contributed by atoms with E-state index >= 15 is 0 Å². The Morgan fingerprint density at radius 3 is 2.30 bits per heavy atom. The fourth-order valence-electron chi connectivity index (χ4n) is 2.58. The van der Waals surface area contributed by atoms with Crippen molar-refractivity contribution in [2.24, 2.45) is 5.92 Å². The smallest absolute Gasteiger partial charge is 0.255 e. The highest BCUT2D eigenvalue weighted by Crippen LogP contribution is 2.19. The first-order valence-electron chi connectivity index (χ1n) is 8.93. The molecule has 0 heterocycles. The van der Waals surface area contributed by atoms with Crippen LogP contribution in [-0.2, 0) is 4.79 Å². The van der Waals surface area contributed by atoms with Gasteiger partial charge in [0.15, 0.2) is 0 Å². The first-order valence-corrected chi connectivity index (χ1v) is 8.93. The van der Waals surface area contributed by atoms with Gasteiger partial charge in [0.2, 0.25) is 5.91 Å². The summed E-state index contributed by atoms with van der Waals surface area (Å²) < 4.78 is 10.6. The van der Waals surface area contributed by atoms with Gasteiger partial charge in [0.25, 0.3) is 5.91 Å². The number of hydrogen-bond donors (Lipinski definition) is 2. The van der Waals surface area contributed by atoms with Crippen molar-refractivity contribution in [3.63, 3.8) is 0 Å². The summed E-state index contributed by atoms with van der Waals surface area (Å²) in [5.74, 6) is 0.483. The Kier molecular flexibility index (Phi) is 7.23. The lowest BCUT2D eigenvalue weighted by atomic mass is 10.0. The van der Waals surface area contributed by atoms with Crippen molar-refractivity contribution in [2.45, 2.75) is 26.8 Å². The Morgan fingerprint density at radius 2 is 1.70 bits per heavy atom. The van der Waals surface area contributed by atoms with Crippen molar-refractivity contribution in [1.82, 2.24) is 5.32 Å². The summed E-state index contributed by atoms with van der Waals surface area (Å²) in [6, 6.07) is 13.3. The lowest BCUT2D eigenvalue weighted by molar-refractivity contribution is -0.118. The van der Waals surface area contributed by atoms with E-state index in [4.69, 9.17) is 9.47 Å². The van der Waals surface area contributed by atoms with Gasteiger partial charge < -0.3 is 20.1 Å². The van der Waals surface area contributed by atoms with Crippen LogP contribution in [0.4, 0.5) is 5.69 Å². The number of ether oxygens (including phenoxy) is 2. The predicted octanol–water partition coefficient (Wildman–Crippen LogP) is 3.49. The van der Waals surface area contributed by atoms with Crippen LogP contribution < -0.4 is 20.1 Å². The second kappa shape index (κ2) is 9.62. The molecule has 0 aliphatic carbocycles. The molecule has 2 N–H and O–H groups in total. The van der Waals surface area contributed by atoms with Crippen LogP contribution >= 0.6 is 0 Å². The minimum atomic E-state index is -0.686. The fourth-order valence-corrected chi connectivity index (χ4v) is 2.58. The molecule has 2 aromatic carbocycles. The molecule has 0 saturated heterocycles. The van der Waals surface area contributed by atoms with Crippen molar-refractivity contribution in [2.75, 3.05) is 19.0 Å². The number of anilines is 1. The summed E-state index contributed by atoms with van der Waals surface area (Å²) in [6.45, 7) is 6.07. The maximum atomic E-state index is 12.7. The SMILES string of the molecule is CCOc1ccccc1C(=O)N[C@@H](C(=O)Nc1ccc(OC)cc1)C(C)C. The highest BCUT2D eigenvalue weighted by molar-refractivity contribution is 6.02. The number of carbonyl (C=O) groups excluding carboxylic acids is 2. The molecule has 0 fully saturated rings. The molecule has 0 aliphatic heterocycles. The third-order valence-corrected chi connectivity index (χ3v) is 4.02. The molecule has 0 unspecified atom stereocenters. The molecule has 2 aromatic rings. The number of para-hydroxylation sites is 1. The largest absolute Gasteiger partial charge is 0.497 e. The quantitative estimate of drug-likeness (QED) is 0.746. The Labute approximate surface area is 159 Å². The zero-order valence-electron chi connectivity index (χ0n) is 16.1. The summed E-state index contributed by atoms with van der Waals surface area (Å²) in [7, 11) is 1.58. The van der Waals surface area contributed by atoms with E-state index in [1.54, 1.807) is 55.6 Å². The normalized spacial score (nSPS) is 11.6. The number of carbonyl (C=O) groups is 2. The number of benzene rings is 2. The van der Waals surface area contributed by atoms with Gasteiger partial charge in [-0.2, -0.15) is 0 Å². The molecular formula is C21H26N2O4. The molecule has 27 heavy (non-hydrogen) atoms. The summed E-state index contributed by atoms with van der Waals surface area (Å²) in [4.78, 5) is 25.4. The lowest BCUT2D eigenvalue weighted by Crippen LogP contribution is -2.47. The van der Waals surface area contributed by atoms with E-state index in [1.165, 1.54) is 0 Å². The number of hydrogen-bond acceptors (Lipinski definition) is 4. The van der Waals surface area contributed by atoms with Crippen molar-refractivity contribution >= 4 is 17.5 Å². The average Bonchev–Trinajstić information content (AvgIpc) is 2.67. The number of methoxy groups -OCH3 is 1. The maximum Gasteiger partial charge on any atom is 0.255 e. The Balaban J connectivity index is 2.12. The van der Waals surface area contributed by atoms with Crippen LogP contribution in [0.5, 0.6) is 11.5 Å². The van der Waals surface area contributed by atoms with Crippen LogP contribution in [0.3, 0.4) is 0 Å². The minimum Gasteiger partial charge on any atom is -0.497 e. The van der Waals surface area contributed by atoms with Gasteiger partial charge in [0, 0.05) is 5.69 Å². The molecule has 0 spiro atoms. The molecule has 2 rings (SSSR count). The zero-order valence-corrected chi connectivity index (χ0v) is 16.1. The van der Waals surface area contributed by atoms with Gasteiger partial charge >= 0.3 is 0 Å². The standard InChI is InChI=1S/C21H26N2O4/c1-5-27-18-9-7-6-8-17(18)20(24)23-19(14(2)3)21(25)22-15-10-12-16(26-4)13-11-15/h6-14,19H,5H2,1-4H3,(H,22,25)(H,23,24)/t19-/m1/s1. The van der Waals surface area contributed by atoms with Crippen LogP contribution in [0.15, 0.2) is 48.5 Å². The van der Waals surface area contributed by atoms with E-state index in [1.807, 2.05) is 20.8 Å². The molecule has 144 valence electrons. The second-order valence-corrected chi connectivity index (χ2v) is 6.34. The Morgan fingerprint density at radius 1 is 1.04 bits per heavy atom. The molecule has 2 amide bonds. The number of rotatable bonds is 8. The van der Waals surface area contributed by atoms with Gasteiger partial charge in [-0.25, -0.2) is 0 Å². The van der Waals surface area contributed by atoms with E-state index in [0.29, 0.717) is 29.4 Å². The first kappa shape index (κ1) is 20.3. The summed E-state index contributed by atoms with van der Waals surface area (Å²) in [5, 5.41) is 5.65. The highest BCUT2D eigenvalue weighted by Gasteiger charge is 2.26. The summed E-state index contributed by atoms with van der Waals surface area (Å²) >= 11 is 0. The van der Waals surface area contributed by atoms with Gasteiger partial charge in [-0.15, -0.1) is 0 Å². The zero-order chi connectivity index (χ0) is 19.8.